The third-order valence-electron chi connectivity index (χ3n) is 15.9. The van der Waals surface area contributed by atoms with Crippen LogP contribution in [0.4, 0.5) is 51.2 Å². The Labute approximate surface area is 430 Å². The summed E-state index contributed by atoms with van der Waals surface area (Å²) in [5, 5.41) is 2.65. The van der Waals surface area contributed by atoms with Gasteiger partial charge in [0, 0.05) is 63.8 Å². The quantitative estimate of drug-likeness (QED) is 0.159. The van der Waals surface area contributed by atoms with Gasteiger partial charge in [0.1, 0.15) is 0 Å². The van der Waals surface area contributed by atoms with Crippen molar-refractivity contribution >= 4 is 116 Å². The van der Waals surface area contributed by atoms with Gasteiger partial charge in [-0.1, -0.05) is 157 Å². The Bertz CT molecular complexity index is 3540. The van der Waals surface area contributed by atoms with Crippen molar-refractivity contribution in [1.82, 2.24) is 0 Å². The number of para-hydroxylation sites is 2. The molecule has 0 bridgehead atoms. The molecule has 2 aliphatic heterocycles. The molecule has 0 spiro atoms. The molecule has 71 heavy (non-hydrogen) atoms. The summed E-state index contributed by atoms with van der Waals surface area (Å²) in [4.78, 5) is 7.83. The Hall–Kier alpha value is -6.08. The number of thiophene rings is 2. The van der Waals surface area contributed by atoms with E-state index in [4.69, 9.17) is 0 Å². The molecule has 9 aromatic rings. The van der Waals surface area contributed by atoms with Crippen LogP contribution in [0.3, 0.4) is 0 Å². The van der Waals surface area contributed by atoms with Crippen molar-refractivity contribution in [2.24, 2.45) is 0 Å². The first kappa shape index (κ1) is 46.0. The summed E-state index contributed by atoms with van der Waals surface area (Å²) in [6.07, 6.45) is 1.12. The second-order valence-electron chi connectivity index (χ2n) is 25.0. The number of fused-ring (bicyclic) bond motifs is 9. The molecule has 2 aromatic heterocycles. The molecule has 0 fully saturated rings. The molecule has 0 unspecified atom stereocenters. The SMILES string of the molecule is CC(C)(C)c1ccc(N2c3cc(N(c4ccccc4)c4ccccc4)cc4c3B(c3sc5ccc(C(C)(C)C)cc5c32)c2sc3ccc(C(C)(C)C)cc3c2N4c2ccc3c(c2)C(C)(C)CC3(C)C)cc1. The van der Waals surface area contributed by atoms with Crippen LogP contribution in [0.25, 0.3) is 20.2 Å². The van der Waals surface area contributed by atoms with Crippen molar-refractivity contribution in [3.05, 3.63) is 179 Å². The normalized spacial score (nSPS) is 15.8. The minimum Gasteiger partial charge on any atom is -0.310 e. The smallest absolute Gasteiger partial charge is 0.277 e. The minimum absolute atomic E-state index is 0.0121. The Morgan fingerprint density at radius 2 is 0.887 bits per heavy atom. The summed E-state index contributed by atoms with van der Waals surface area (Å²) in [6, 6.07) is 58.6. The molecule has 6 heteroatoms. The summed E-state index contributed by atoms with van der Waals surface area (Å²) in [7, 11) is 0. The van der Waals surface area contributed by atoms with Crippen LogP contribution in [0, 0.1) is 0 Å². The molecular weight excluding hydrogens is 898 g/mol. The molecule has 3 nitrogen and oxygen atoms in total. The summed E-state index contributed by atoms with van der Waals surface area (Å²) in [5.41, 5.74) is 19.3. The van der Waals surface area contributed by atoms with E-state index in [1.54, 1.807) is 0 Å². The average Bonchev–Trinajstić information content (AvgIpc) is 3.95. The second kappa shape index (κ2) is 15.7. The van der Waals surface area contributed by atoms with Gasteiger partial charge in [-0.05, 0) is 152 Å². The lowest BCUT2D eigenvalue weighted by molar-refractivity contribution is 0.403. The van der Waals surface area contributed by atoms with Gasteiger partial charge in [0.2, 0.25) is 0 Å². The highest BCUT2D eigenvalue weighted by Crippen LogP contribution is 2.56. The van der Waals surface area contributed by atoms with Gasteiger partial charge < -0.3 is 14.7 Å². The molecule has 0 saturated carbocycles. The molecule has 356 valence electrons. The Morgan fingerprint density at radius 1 is 0.451 bits per heavy atom. The molecule has 12 rings (SSSR count). The summed E-state index contributed by atoms with van der Waals surface area (Å²) in [6.45, 7) is 30.8. The zero-order valence-corrected chi connectivity index (χ0v) is 45.5. The number of hydrogen-bond donors (Lipinski definition) is 0. The van der Waals surface area contributed by atoms with Crippen molar-refractivity contribution in [1.29, 1.82) is 0 Å². The van der Waals surface area contributed by atoms with Crippen molar-refractivity contribution in [3.8, 4) is 0 Å². The fraction of sp³-hybridized carbons (Fsp3) is 0.292. The monoisotopic (exact) mass is 963 g/mol. The van der Waals surface area contributed by atoms with Crippen LogP contribution < -0.4 is 29.7 Å². The van der Waals surface area contributed by atoms with E-state index < -0.39 is 0 Å². The fourth-order valence-electron chi connectivity index (χ4n) is 12.4. The van der Waals surface area contributed by atoms with Gasteiger partial charge in [-0.3, -0.25) is 0 Å². The van der Waals surface area contributed by atoms with Crippen LogP contribution in [-0.2, 0) is 27.1 Å². The third-order valence-corrected chi connectivity index (χ3v) is 18.3. The summed E-state index contributed by atoms with van der Waals surface area (Å²) < 4.78 is 5.49. The zero-order valence-electron chi connectivity index (χ0n) is 43.9. The average molecular weight is 964 g/mol. The van der Waals surface area contributed by atoms with E-state index in [1.165, 1.54) is 97.1 Å². The summed E-state index contributed by atoms with van der Waals surface area (Å²) in [5.74, 6) is 0. The Kier molecular flexibility index (Phi) is 10.2. The van der Waals surface area contributed by atoms with Crippen LogP contribution >= 0.6 is 22.7 Å². The largest absolute Gasteiger partial charge is 0.310 e. The molecule has 4 heterocycles. The van der Waals surface area contributed by atoms with Gasteiger partial charge in [-0.15, -0.1) is 22.7 Å². The van der Waals surface area contributed by atoms with Crippen LogP contribution in [-0.4, -0.2) is 6.71 Å². The maximum absolute atomic E-state index is 2.70. The number of rotatable bonds is 5. The topological polar surface area (TPSA) is 9.72 Å². The number of benzene rings is 7. The Balaban J connectivity index is 1.25. The van der Waals surface area contributed by atoms with Crippen molar-refractivity contribution in [3.63, 3.8) is 0 Å². The molecule has 1 aliphatic carbocycles. The molecule has 7 aromatic carbocycles. The van der Waals surface area contributed by atoms with Gasteiger partial charge in [-0.25, -0.2) is 0 Å². The van der Waals surface area contributed by atoms with Crippen molar-refractivity contribution < 1.29 is 0 Å². The van der Waals surface area contributed by atoms with Crippen LogP contribution in [0.1, 0.15) is 124 Å². The highest BCUT2D eigenvalue weighted by molar-refractivity contribution is 7.40. The van der Waals surface area contributed by atoms with Crippen LogP contribution in [0.5, 0.6) is 0 Å². The predicted molar refractivity (Wildman–Crippen MR) is 313 cm³/mol. The van der Waals surface area contributed by atoms with E-state index in [0.29, 0.717) is 0 Å². The molecule has 3 aliphatic rings. The molecule has 0 radical (unpaired) electrons. The van der Waals surface area contributed by atoms with Gasteiger partial charge in [0.25, 0.3) is 6.71 Å². The summed E-state index contributed by atoms with van der Waals surface area (Å²) >= 11 is 4.00. The maximum atomic E-state index is 2.70. The molecular formula is C65H66BN3S2. The zero-order chi connectivity index (χ0) is 49.7. The highest BCUT2D eigenvalue weighted by Gasteiger charge is 2.49. The number of nitrogens with zero attached hydrogens (tertiary/aromatic N) is 3. The molecule has 0 N–H and O–H groups in total. The molecule has 0 amide bonds. The van der Waals surface area contributed by atoms with E-state index in [-0.39, 0.29) is 33.8 Å². The lowest BCUT2D eigenvalue weighted by Crippen LogP contribution is -2.59. The van der Waals surface area contributed by atoms with E-state index in [2.05, 4.69) is 256 Å². The van der Waals surface area contributed by atoms with Crippen molar-refractivity contribution in [2.75, 3.05) is 14.7 Å². The van der Waals surface area contributed by atoms with Gasteiger partial charge >= 0.3 is 0 Å². The lowest BCUT2D eigenvalue weighted by atomic mass is 9.39. The second-order valence-corrected chi connectivity index (χ2v) is 27.2. The van der Waals surface area contributed by atoms with Crippen LogP contribution in [0.15, 0.2) is 152 Å². The molecule has 0 saturated heterocycles. The standard InChI is InChI=1S/C65H66BN3S2/c1-61(2,3)40-24-28-45(29-25-40)68-52-37-47(67(43-20-16-14-17-21-43)44-22-18-15-19-23-44)38-53-56(52)66(59-57(68)48-34-41(62(4,5)6)26-32-54(48)70-59)60-58(49-35-42(63(7,8)9)27-33-55(49)71-60)69(53)46-30-31-50-51(36-46)65(12,13)39-64(50,10)11/h14-38H,39H2,1-13H3. The number of anilines is 9. The minimum atomic E-state index is -0.0207. The number of hydrogen-bond acceptors (Lipinski definition) is 5. The van der Waals surface area contributed by atoms with E-state index in [9.17, 15) is 0 Å². The highest BCUT2D eigenvalue weighted by atomic mass is 32.1. The Morgan fingerprint density at radius 3 is 1.37 bits per heavy atom. The first-order chi connectivity index (χ1) is 33.6. The lowest BCUT2D eigenvalue weighted by Gasteiger charge is -2.43. The fourth-order valence-corrected chi connectivity index (χ4v) is 15.0. The first-order valence-corrected chi connectivity index (χ1v) is 27.3. The van der Waals surface area contributed by atoms with E-state index in [0.717, 1.165) is 23.5 Å². The first-order valence-electron chi connectivity index (χ1n) is 25.7. The van der Waals surface area contributed by atoms with Crippen molar-refractivity contribution in [2.45, 2.75) is 124 Å². The van der Waals surface area contributed by atoms with Gasteiger partial charge in [0.15, 0.2) is 0 Å². The predicted octanol–water partition coefficient (Wildman–Crippen LogP) is 17.5. The molecule has 0 atom stereocenters. The van der Waals surface area contributed by atoms with E-state index in [1.807, 2.05) is 22.7 Å². The van der Waals surface area contributed by atoms with Gasteiger partial charge in [-0.2, -0.15) is 0 Å². The maximum Gasteiger partial charge on any atom is 0.277 e. The van der Waals surface area contributed by atoms with Crippen LogP contribution in [0.2, 0.25) is 0 Å². The van der Waals surface area contributed by atoms with E-state index >= 15 is 0 Å². The third kappa shape index (κ3) is 7.33. The van der Waals surface area contributed by atoms with Gasteiger partial charge in [0.05, 0.1) is 17.1 Å².